The van der Waals surface area contributed by atoms with Crippen molar-refractivity contribution in [3.05, 3.63) is 41.4 Å². The molecular formula is C17H15ClN4O. The van der Waals surface area contributed by atoms with Gasteiger partial charge in [0.15, 0.2) is 12.4 Å². The van der Waals surface area contributed by atoms with Crippen LogP contribution >= 0.6 is 11.6 Å². The Hall–Kier alpha value is -2.58. The van der Waals surface area contributed by atoms with E-state index in [0.717, 1.165) is 30.3 Å². The first-order chi connectivity index (χ1) is 11.3. The Kier molecular flexibility index (Phi) is 3.40. The van der Waals surface area contributed by atoms with Crippen LogP contribution in [0.1, 0.15) is 13.4 Å². The first-order valence-corrected chi connectivity index (χ1v) is 7.79. The van der Waals surface area contributed by atoms with Gasteiger partial charge in [-0.25, -0.2) is 9.97 Å². The highest BCUT2D eigenvalue weighted by molar-refractivity contribution is 6.28. The van der Waals surface area contributed by atoms with Gasteiger partial charge in [0.05, 0.1) is 11.7 Å². The molecule has 5 nitrogen and oxygen atoms in total. The number of nitrogens with zero attached hydrogens (tertiary/aromatic N) is 4. The van der Waals surface area contributed by atoms with Gasteiger partial charge in [0, 0.05) is 25.1 Å². The SMILES string of the molecule is N#CCOc1cnc(Cl)nc1-c1cn2c3c(cccc13)CCC2.[2HH]. The quantitative estimate of drug-likeness (QED) is 0.685. The van der Waals surface area contributed by atoms with E-state index < -0.39 is 0 Å². The Labute approximate surface area is 139 Å². The minimum Gasteiger partial charge on any atom is -0.475 e. The van der Waals surface area contributed by atoms with E-state index in [0.29, 0.717) is 11.4 Å². The maximum absolute atomic E-state index is 8.76. The number of ether oxygens (including phenoxy) is 1. The summed E-state index contributed by atoms with van der Waals surface area (Å²) < 4.78 is 7.74. The van der Waals surface area contributed by atoms with Crippen molar-refractivity contribution in [2.24, 2.45) is 0 Å². The third-order valence-corrected chi connectivity index (χ3v) is 4.28. The summed E-state index contributed by atoms with van der Waals surface area (Å²) in [6, 6.07) is 8.28. The molecule has 0 bridgehead atoms. The molecule has 1 aliphatic heterocycles. The molecule has 1 aromatic carbocycles. The Morgan fingerprint density at radius 2 is 2.35 bits per heavy atom. The second-order valence-corrected chi connectivity index (χ2v) is 5.79. The van der Waals surface area contributed by atoms with Crippen LogP contribution in [0.3, 0.4) is 0 Å². The van der Waals surface area contributed by atoms with Gasteiger partial charge >= 0.3 is 0 Å². The molecule has 0 saturated heterocycles. The summed E-state index contributed by atoms with van der Waals surface area (Å²) in [5.41, 5.74) is 4.18. The van der Waals surface area contributed by atoms with Crippen molar-refractivity contribution in [1.82, 2.24) is 14.5 Å². The van der Waals surface area contributed by atoms with Crippen LogP contribution in [0.15, 0.2) is 30.6 Å². The van der Waals surface area contributed by atoms with Crippen molar-refractivity contribution in [2.45, 2.75) is 19.4 Å². The molecule has 0 unspecified atom stereocenters. The van der Waals surface area contributed by atoms with Crippen LogP contribution in [0, 0.1) is 11.3 Å². The van der Waals surface area contributed by atoms with E-state index >= 15 is 0 Å². The van der Waals surface area contributed by atoms with E-state index in [1.165, 1.54) is 17.3 Å². The van der Waals surface area contributed by atoms with Crippen molar-refractivity contribution in [3.63, 3.8) is 0 Å². The molecule has 0 saturated carbocycles. The maximum Gasteiger partial charge on any atom is 0.223 e. The molecule has 3 aromatic rings. The van der Waals surface area contributed by atoms with Gasteiger partial charge < -0.3 is 9.30 Å². The van der Waals surface area contributed by atoms with Gasteiger partial charge in [0.1, 0.15) is 11.8 Å². The largest absolute Gasteiger partial charge is 0.475 e. The average molecular weight is 328 g/mol. The lowest BCUT2D eigenvalue weighted by atomic mass is 10.0. The lowest BCUT2D eigenvalue weighted by molar-refractivity contribution is 0.366. The van der Waals surface area contributed by atoms with Gasteiger partial charge in [-0.1, -0.05) is 18.2 Å². The predicted octanol–water partition coefficient (Wildman–Crippen LogP) is 3.85. The number of aryl methyl sites for hydroxylation is 2. The molecule has 2 aromatic heterocycles. The first-order valence-electron chi connectivity index (χ1n) is 7.41. The number of nitriles is 1. The van der Waals surface area contributed by atoms with Gasteiger partial charge in [-0.3, -0.25) is 0 Å². The van der Waals surface area contributed by atoms with E-state index in [9.17, 15) is 0 Å². The van der Waals surface area contributed by atoms with E-state index in [4.69, 9.17) is 21.6 Å². The molecule has 0 spiro atoms. The summed E-state index contributed by atoms with van der Waals surface area (Å²) in [7, 11) is 0. The van der Waals surface area contributed by atoms with Gasteiger partial charge in [-0.2, -0.15) is 5.26 Å². The first kappa shape index (κ1) is 14.0. The molecule has 0 atom stereocenters. The van der Waals surface area contributed by atoms with Gasteiger partial charge in [-0.15, -0.1) is 0 Å². The maximum atomic E-state index is 8.76. The molecule has 0 N–H and O–H groups in total. The molecule has 6 heteroatoms. The fourth-order valence-electron chi connectivity index (χ4n) is 3.20. The van der Waals surface area contributed by atoms with Gasteiger partial charge in [-0.05, 0) is 30.0 Å². The molecule has 0 fully saturated rings. The zero-order valence-corrected chi connectivity index (χ0v) is 13.0. The van der Waals surface area contributed by atoms with Crippen LogP contribution in [0.2, 0.25) is 5.28 Å². The third kappa shape index (κ3) is 2.32. The highest BCUT2D eigenvalue weighted by Crippen LogP contribution is 2.38. The second kappa shape index (κ2) is 5.56. The monoisotopic (exact) mass is 327 g/mol. The smallest absolute Gasteiger partial charge is 0.223 e. The molecule has 0 radical (unpaired) electrons. The number of hydrogen-bond acceptors (Lipinski definition) is 4. The predicted molar refractivity (Wildman–Crippen MR) is 89.5 cm³/mol. The van der Waals surface area contributed by atoms with Crippen LogP contribution in [-0.4, -0.2) is 21.1 Å². The lowest BCUT2D eigenvalue weighted by Gasteiger charge is -2.14. The van der Waals surface area contributed by atoms with Crippen molar-refractivity contribution in [1.29, 1.82) is 5.26 Å². The normalized spacial score (nSPS) is 13.0. The highest BCUT2D eigenvalue weighted by Gasteiger charge is 2.20. The van der Waals surface area contributed by atoms with E-state index in [2.05, 4.69) is 38.9 Å². The van der Waals surface area contributed by atoms with Crippen LogP contribution in [-0.2, 0) is 13.0 Å². The number of aromatic nitrogens is 3. The van der Waals surface area contributed by atoms with Crippen molar-refractivity contribution in [3.8, 4) is 23.1 Å². The third-order valence-electron chi connectivity index (χ3n) is 4.10. The molecule has 0 aliphatic carbocycles. The Balaban J connectivity index is 0.00000169. The number of halogens is 1. The van der Waals surface area contributed by atoms with Crippen molar-refractivity contribution < 1.29 is 6.16 Å². The van der Waals surface area contributed by atoms with Crippen molar-refractivity contribution in [2.75, 3.05) is 6.61 Å². The standard InChI is InChI=1S/C17H13ClN4O.H2/c18-17-20-9-14(23-8-6-19)15(21-17)13-10-22-7-2-4-11-3-1-5-12(13)16(11)22;/h1,3,5,9-10H,2,4,7-8H2;1H/i;1+1. The Bertz CT molecular complexity index is 948. The number of rotatable bonds is 3. The van der Waals surface area contributed by atoms with Crippen LogP contribution in [0.25, 0.3) is 22.2 Å². The Morgan fingerprint density at radius 3 is 3.22 bits per heavy atom. The van der Waals surface area contributed by atoms with Crippen LogP contribution in [0.5, 0.6) is 5.75 Å². The summed E-state index contributed by atoms with van der Waals surface area (Å²) in [5, 5.41) is 10.0. The van der Waals surface area contributed by atoms with Gasteiger partial charge in [0.2, 0.25) is 5.28 Å². The number of hydrogen-bond donors (Lipinski definition) is 0. The van der Waals surface area contributed by atoms with Crippen LogP contribution in [0.4, 0.5) is 0 Å². The van der Waals surface area contributed by atoms with E-state index in [1.807, 2.05) is 6.07 Å². The molecule has 3 heterocycles. The molecular weight excluding hydrogens is 312 g/mol. The van der Waals surface area contributed by atoms with E-state index in [-0.39, 0.29) is 13.3 Å². The fraction of sp³-hybridized carbons (Fsp3) is 0.235. The summed E-state index contributed by atoms with van der Waals surface area (Å²) in [6.07, 6.45) is 5.82. The van der Waals surface area contributed by atoms with Crippen molar-refractivity contribution >= 4 is 22.5 Å². The lowest BCUT2D eigenvalue weighted by Crippen LogP contribution is -2.05. The molecule has 116 valence electrons. The van der Waals surface area contributed by atoms with E-state index in [1.54, 1.807) is 0 Å². The zero-order chi connectivity index (χ0) is 15.8. The highest BCUT2D eigenvalue weighted by atomic mass is 35.5. The minimum atomic E-state index is -0.0537. The zero-order valence-electron chi connectivity index (χ0n) is 12.3. The fourth-order valence-corrected chi connectivity index (χ4v) is 3.34. The Morgan fingerprint density at radius 1 is 1.43 bits per heavy atom. The minimum absolute atomic E-state index is 0. The molecule has 1 aliphatic rings. The van der Waals surface area contributed by atoms with Crippen LogP contribution < -0.4 is 4.74 Å². The number of para-hydroxylation sites is 1. The summed E-state index contributed by atoms with van der Waals surface area (Å²) in [6.45, 7) is 0.933. The average Bonchev–Trinajstić information content (AvgIpc) is 2.95. The second-order valence-electron chi connectivity index (χ2n) is 5.45. The summed E-state index contributed by atoms with van der Waals surface area (Å²) >= 11 is 5.99. The topological polar surface area (TPSA) is 63.7 Å². The molecule has 23 heavy (non-hydrogen) atoms. The molecule has 0 amide bonds. The van der Waals surface area contributed by atoms with Gasteiger partial charge in [0.25, 0.3) is 0 Å². The molecule has 4 rings (SSSR count). The summed E-state index contributed by atoms with van der Waals surface area (Å²) in [4.78, 5) is 8.32. The summed E-state index contributed by atoms with van der Waals surface area (Å²) in [5.74, 6) is 0.472. The number of benzene rings is 1.